The Labute approximate surface area is 240 Å². The number of carbonyl (C=O) groups excluding carboxylic acids is 2. The average molecular weight is 575 g/mol. The van der Waals surface area contributed by atoms with Crippen molar-refractivity contribution in [2.45, 2.75) is 6.54 Å². The maximum absolute atomic E-state index is 13.4. The minimum atomic E-state index is -0.449. The minimum absolute atomic E-state index is 0.0768. The van der Waals surface area contributed by atoms with Crippen molar-refractivity contribution in [3.63, 3.8) is 0 Å². The predicted molar refractivity (Wildman–Crippen MR) is 154 cm³/mol. The third-order valence-corrected chi connectivity index (χ3v) is 6.68. The van der Waals surface area contributed by atoms with E-state index in [1.807, 2.05) is 42.6 Å². The number of methoxy groups -OCH3 is 1. The predicted octanol–water partition coefficient (Wildman–Crippen LogP) is 6.73. The van der Waals surface area contributed by atoms with Gasteiger partial charge in [-0.3, -0.25) is 19.5 Å². The number of halogens is 2. The number of amides is 2. The first-order valence-electron chi connectivity index (χ1n) is 12.3. The number of hydrogen-bond acceptors (Lipinski definition) is 5. The number of nitrogens with zero attached hydrogens (tertiary/aromatic N) is 3. The van der Waals surface area contributed by atoms with Crippen molar-refractivity contribution in [2.24, 2.45) is 0 Å². The Bertz CT molecular complexity index is 1610. The van der Waals surface area contributed by atoms with E-state index in [1.54, 1.807) is 60.2 Å². The number of imidazole rings is 1. The molecule has 0 aliphatic heterocycles. The highest BCUT2D eigenvalue weighted by atomic mass is 35.5. The largest absolute Gasteiger partial charge is 0.497 e. The molecule has 0 aliphatic rings. The van der Waals surface area contributed by atoms with Crippen molar-refractivity contribution in [2.75, 3.05) is 19.0 Å². The van der Waals surface area contributed by atoms with Crippen molar-refractivity contribution in [3.8, 4) is 22.7 Å². The molecular weight excluding hydrogens is 551 g/mol. The van der Waals surface area contributed by atoms with Crippen LogP contribution in [0.3, 0.4) is 0 Å². The van der Waals surface area contributed by atoms with Gasteiger partial charge in [0.15, 0.2) is 0 Å². The van der Waals surface area contributed by atoms with Crippen molar-refractivity contribution in [1.82, 2.24) is 14.5 Å². The summed E-state index contributed by atoms with van der Waals surface area (Å²) in [5.41, 5.74) is 2.49. The molecule has 3 aromatic carbocycles. The van der Waals surface area contributed by atoms with Gasteiger partial charge in [-0.05, 0) is 60.7 Å². The maximum atomic E-state index is 13.4. The first-order valence-corrected chi connectivity index (χ1v) is 13.0. The second-order valence-corrected chi connectivity index (χ2v) is 9.64. The second-order valence-electron chi connectivity index (χ2n) is 8.79. The fourth-order valence-electron chi connectivity index (χ4n) is 4.10. The van der Waals surface area contributed by atoms with Crippen LogP contribution in [0.5, 0.6) is 5.75 Å². The molecule has 0 aliphatic carbocycles. The molecule has 1 N–H and O–H groups in total. The maximum Gasteiger partial charge on any atom is 0.256 e. The summed E-state index contributed by atoms with van der Waals surface area (Å²) >= 11 is 12.4. The zero-order valence-electron chi connectivity index (χ0n) is 21.4. The number of benzene rings is 3. The van der Waals surface area contributed by atoms with E-state index in [0.29, 0.717) is 27.2 Å². The molecule has 0 atom stereocenters. The van der Waals surface area contributed by atoms with Crippen LogP contribution >= 0.6 is 23.2 Å². The van der Waals surface area contributed by atoms with Crippen LogP contribution in [0.15, 0.2) is 102 Å². The normalized spacial score (nSPS) is 10.8. The molecule has 202 valence electrons. The fourth-order valence-corrected chi connectivity index (χ4v) is 4.44. The van der Waals surface area contributed by atoms with Crippen LogP contribution in [0.2, 0.25) is 10.0 Å². The van der Waals surface area contributed by atoms with E-state index in [-0.39, 0.29) is 24.6 Å². The van der Waals surface area contributed by atoms with Crippen LogP contribution in [0.1, 0.15) is 16.1 Å². The number of furan rings is 1. The molecule has 0 saturated carbocycles. The van der Waals surface area contributed by atoms with E-state index >= 15 is 0 Å². The average Bonchev–Trinajstić information content (AvgIpc) is 3.63. The van der Waals surface area contributed by atoms with Crippen LogP contribution in [0.4, 0.5) is 5.95 Å². The van der Waals surface area contributed by atoms with Crippen molar-refractivity contribution in [1.29, 1.82) is 0 Å². The summed E-state index contributed by atoms with van der Waals surface area (Å²) in [5.74, 6) is 0.646. The van der Waals surface area contributed by atoms with Gasteiger partial charge in [-0.2, -0.15) is 0 Å². The van der Waals surface area contributed by atoms with Gasteiger partial charge in [0.25, 0.3) is 5.91 Å². The zero-order chi connectivity index (χ0) is 28.1. The van der Waals surface area contributed by atoms with E-state index in [1.165, 1.54) is 11.2 Å². The molecule has 40 heavy (non-hydrogen) atoms. The first kappa shape index (κ1) is 27.1. The molecule has 0 saturated heterocycles. The van der Waals surface area contributed by atoms with Crippen molar-refractivity contribution < 1.29 is 18.7 Å². The minimum Gasteiger partial charge on any atom is -0.497 e. The van der Waals surface area contributed by atoms with Crippen LogP contribution in [-0.2, 0) is 11.3 Å². The molecule has 0 unspecified atom stereocenters. The Kier molecular flexibility index (Phi) is 8.19. The highest BCUT2D eigenvalue weighted by Gasteiger charge is 2.23. The molecule has 8 nitrogen and oxygen atoms in total. The fraction of sp³-hybridized carbons (Fsp3) is 0.100. The molecule has 0 radical (unpaired) electrons. The number of aromatic nitrogens is 2. The molecular formula is C30H24Cl2N4O4. The van der Waals surface area contributed by atoms with Gasteiger partial charge in [0.1, 0.15) is 18.1 Å². The lowest BCUT2D eigenvalue weighted by Gasteiger charge is -2.22. The van der Waals surface area contributed by atoms with E-state index in [0.717, 1.165) is 11.3 Å². The van der Waals surface area contributed by atoms with Crippen LogP contribution in [-0.4, -0.2) is 39.9 Å². The summed E-state index contributed by atoms with van der Waals surface area (Å²) in [6.07, 6.45) is 3.33. The summed E-state index contributed by atoms with van der Waals surface area (Å²) in [5, 5.41) is 3.76. The van der Waals surface area contributed by atoms with E-state index in [2.05, 4.69) is 10.3 Å². The summed E-state index contributed by atoms with van der Waals surface area (Å²) in [6, 6.07) is 24.7. The summed E-state index contributed by atoms with van der Waals surface area (Å²) in [7, 11) is 1.59. The van der Waals surface area contributed by atoms with Gasteiger partial charge in [0, 0.05) is 22.5 Å². The number of rotatable bonds is 9. The molecule has 2 aromatic heterocycles. The monoisotopic (exact) mass is 574 g/mol. The first-order chi connectivity index (χ1) is 19.4. The lowest BCUT2D eigenvalue weighted by atomic mass is 10.2. The third kappa shape index (κ3) is 6.20. The summed E-state index contributed by atoms with van der Waals surface area (Å²) in [4.78, 5) is 32.9. The topological polar surface area (TPSA) is 89.6 Å². The molecule has 5 aromatic rings. The molecule has 2 heterocycles. The molecule has 0 fully saturated rings. The van der Waals surface area contributed by atoms with Crippen LogP contribution < -0.4 is 10.1 Å². The Balaban J connectivity index is 1.44. The Hall–Kier alpha value is -4.53. The SMILES string of the molecule is COc1ccc(-n2cc(-c3ccc(Cl)cc3)nc2NC(=O)CN(Cc2ccco2)C(=O)c2ccccc2Cl)cc1. The zero-order valence-corrected chi connectivity index (χ0v) is 22.9. The molecule has 0 bridgehead atoms. The summed E-state index contributed by atoms with van der Waals surface area (Å²) < 4.78 is 12.5. The number of ether oxygens (including phenoxy) is 1. The molecule has 2 amide bonds. The van der Waals surface area contributed by atoms with Gasteiger partial charge < -0.3 is 14.1 Å². The summed E-state index contributed by atoms with van der Waals surface area (Å²) in [6.45, 7) is -0.191. The van der Waals surface area contributed by atoms with Crippen molar-refractivity contribution >= 4 is 41.0 Å². The van der Waals surface area contributed by atoms with Gasteiger partial charge >= 0.3 is 0 Å². The number of hydrogen-bond donors (Lipinski definition) is 1. The lowest BCUT2D eigenvalue weighted by Crippen LogP contribution is -2.38. The number of anilines is 1. The smallest absolute Gasteiger partial charge is 0.256 e. The quantitative estimate of drug-likeness (QED) is 0.211. The van der Waals surface area contributed by atoms with Gasteiger partial charge in [-0.1, -0.05) is 47.5 Å². The number of carbonyl (C=O) groups is 2. The van der Waals surface area contributed by atoms with Gasteiger partial charge in [-0.25, -0.2) is 4.98 Å². The Morgan fingerprint density at radius 2 is 1.73 bits per heavy atom. The van der Waals surface area contributed by atoms with Crippen molar-refractivity contribution in [3.05, 3.63) is 119 Å². The van der Waals surface area contributed by atoms with E-state index < -0.39 is 11.8 Å². The lowest BCUT2D eigenvalue weighted by molar-refractivity contribution is -0.117. The molecule has 10 heteroatoms. The van der Waals surface area contributed by atoms with Crippen LogP contribution in [0.25, 0.3) is 16.9 Å². The number of nitrogens with one attached hydrogen (secondary N) is 1. The van der Waals surface area contributed by atoms with Gasteiger partial charge in [0.2, 0.25) is 11.9 Å². The van der Waals surface area contributed by atoms with E-state index in [9.17, 15) is 9.59 Å². The third-order valence-electron chi connectivity index (χ3n) is 6.10. The Morgan fingerprint density at radius 1 is 0.975 bits per heavy atom. The van der Waals surface area contributed by atoms with E-state index in [4.69, 9.17) is 32.4 Å². The second kappa shape index (κ2) is 12.1. The van der Waals surface area contributed by atoms with Gasteiger partial charge in [0.05, 0.1) is 36.2 Å². The highest BCUT2D eigenvalue weighted by molar-refractivity contribution is 6.33. The standard InChI is InChI=1S/C30H24Cl2N4O4/c1-39-23-14-12-22(13-15-23)36-18-27(20-8-10-21(31)11-9-20)33-30(36)34-28(37)19-35(17-24-5-4-16-40-24)29(38)25-6-2-3-7-26(25)32/h2-16,18H,17,19H2,1H3,(H,33,34,37). The molecule has 5 rings (SSSR count). The van der Waals surface area contributed by atoms with Gasteiger partial charge in [-0.15, -0.1) is 0 Å². The van der Waals surface area contributed by atoms with Crippen LogP contribution in [0, 0.1) is 0 Å². The molecule has 0 spiro atoms. The highest BCUT2D eigenvalue weighted by Crippen LogP contribution is 2.27. The Morgan fingerprint density at radius 3 is 2.40 bits per heavy atom.